The lowest BCUT2D eigenvalue weighted by atomic mass is 9.81. The minimum atomic E-state index is -0.506. The molecule has 29 heavy (non-hydrogen) atoms. The molecule has 1 amide bonds. The molecule has 0 radical (unpaired) electrons. The maximum absolute atomic E-state index is 12.7. The van der Waals surface area contributed by atoms with Gasteiger partial charge in [-0.2, -0.15) is 0 Å². The average Bonchev–Trinajstić information content (AvgIpc) is 3.62. The molecule has 0 aliphatic heterocycles. The first-order chi connectivity index (χ1) is 13.8. The molecule has 3 atom stereocenters. The fraction of sp³-hybridized carbons (Fsp3) is 0.480. The Kier molecular flexibility index (Phi) is 5.16. The Hall–Kier alpha value is -2.33. The summed E-state index contributed by atoms with van der Waals surface area (Å²) in [5.41, 5.74) is 7.70. The molecule has 3 N–H and O–H groups in total. The minimum absolute atomic E-state index is 0.181. The van der Waals surface area contributed by atoms with Gasteiger partial charge in [-0.15, -0.1) is 0 Å². The van der Waals surface area contributed by atoms with Crippen LogP contribution in [0.15, 0.2) is 54.6 Å². The number of phenols is 1. The lowest BCUT2D eigenvalue weighted by molar-refractivity contribution is -0.124. The van der Waals surface area contributed by atoms with Crippen molar-refractivity contribution in [1.29, 1.82) is 0 Å². The van der Waals surface area contributed by atoms with Crippen LogP contribution in [-0.4, -0.2) is 35.5 Å². The normalized spacial score (nSPS) is 27.0. The Labute approximate surface area is 173 Å². The largest absolute Gasteiger partial charge is 0.508 e. The quantitative estimate of drug-likeness (QED) is 0.681. The molecular weight excluding hydrogens is 360 g/mol. The van der Waals surface area contributed by atoms with Crippen LogP contribution in [-0.2, 0) is 16.6 Å². The van der Waals surface area contributed by atoms with Crippen molar-refractivity contribution in [3.63, 3.8) is 0 Å². The van der Waals surface area contributed by atoms with Crippen molar-refractivity contribution in [1.82, 2.24) is 4.90 Å². The van der Waals surface area contributed by atoms with Crippen molar-refractivity contribution in [2.45, 2.75) is 50.5 Å². The number of primary amides is 1. The van der Waals surface area contributed by atoms with Crippen LogP contribution in [0, 0.1) is 11.3 Å². The van der Waals surface area contributed by atoms with E-state index in [-0.39, 0.29) is 23.1 Å². The van der Waals surface area contributed by atoms with Crippen molar-refractivity contribution in [2.75, 3.05) is 13.6 Å². The molecule has 4 heteroatoms. The van der Waals surface area contributed by atoms with E-state index in [4.69, 9.17) is 5.73 Å². The molecule has 0 aromatic heterocycles. The topological polar surface area (TPSA) is 66.6 Å². The highest BCUT2D eigenvalue weighted by Gasteiger charge is 2.69. The van der Waals surface area contributed by atoms with Crippen molar-refractivity contribution in [3.8, 4) is 5.75 Å². The second-order valence-electron chi connectivity index (χ2n) is 9.43. The molecule has 0 saturated heterocycles. The van der Waals surface area contributed by atoms with Gasteiger partial charge < -0.3 is 15.7 Å². The Bertz CT molecular complexity index is 862. The van der Waals surface area contributed by atoms with Gasteiger partial charge in [0.25, 0.3) is 0 Å². The number of carbonyl (C=O) groups is 1. The van der Waals surface area contributed by atoms with Crippen molar-refractivity contribution in [2.24, 2.45) is 17.1 Å². The van der Waals surface area contributed by atoms with E-state index >= 15 is 0 Å². The van der Waals surface area contributed by atoms with Crippen LogP contribution < -0.4 is 5.73 Å². The summed E-state index contributed by atoms with van der Waals surface area (Å²) in [7, 11) is 2.18. The standard InChI is InChI=1S/C25H32N2O2/c1-24(20-6-4-3-5-7-20)17-25(24,23(26)29)15-21(27(2)16-19-8-9-19)14-18-10-12-22(28)13-11-18/h3-7,10-13,19,21,28H,8-9,14-17H2,1-2H3,(H2,26,29)/t21-,24?,25?/m0/s1. The van der Waals surface area contributed by atoms with Gasteiger partial charge in [-0.05, 0) is 68.3 Å². The lowest BCUT2D eigenvalue weighted by Crippen LogP contribution is -2.42. The van der Waals surface area contributed by atoms with Gasteiger partial charge in [0.2, 0.25) is 5.91 Å². The SMILES string of the molecule is CN(CC1CC1)[C@@H](Cc1ccc(O)cc1)CC1(C(N)=O)CC1(C)c1ccccc1. The Balaban J connectivity index is 1.59. The summed E-state index contributed by atoms with van der Waals surface area (Å²) in [5.74, 6) is 0.884. The molecule has 2 saturated carbocycles. The van der Waals surface area contributed by atoms with E-state index in [0.29, 0.717) is 0 Å². The predicted octanol–water partition coefficient (Wildman–Crippen LogP) is 3.87. The van der Waals surface area contributed by atoms with Crippen LogP contribution >= 0.6 is 0 Å². The average molecular weight is 393 g/mol. The zero-order valence-corrected chi connectivity index (χ0v) is 17.5. The summed E-state index contributed by atoms with van der Waals surface area (Å²) in [4.78, 5) is 15.2. The molecule has 0 spiro atoms. The number of nitrogens with two attached hydrogens (primary N) is 1. The second-order valence-corrected chi connectivity index (χ2v) is 9.43. The number of phenolic OH excluding ortho intramolecular Hbond substituents is 1. The highest BCUT2D eigenvalue weighted by atomic mass is 16.3. The molecule has 4 rings (SSSR count). The molecule has 4 nitrogen and oxygen atoms in total. The number of likely N-dealkylation sites (N-methyl/N-ethyl adjacent to an activating group) is 1. The third kappa shape index (κ3) is 3.91. The van der Waals surface area contributed by atoms with Gasteiger partial charge in [0, 0.05) is 18.0 Å². The summed E-state index contributed by atoms with van der Waals surface area (Å²) in [5, 5.41) is 9.62. The molecule has 0 heterocycles. The number of benzene rings is 2. The first-order valence-electron chi connectivity index (χ1n) is 10.7. The van der Waals surface area contributed by atoms with Crippen LogP contribution in [0.2, 0.25) is 0 Å². The zero-order valence-electron chi connectivity index (χ0n) is 17.5. The van der Waals surface area contributed by atoms with Gasteiger partial charge >= 0.3 is 0 Å². The number of hydrogen-bond acceptors (Lipinski definition) is 3. The molecule has 2 aromatic rings. The number of aromatic hydroxyl groups is 1. The van der Waals surface area contributed by atoms with Gasteiger partial charge in [-0.25, -0.2) is 0 Å². The molecule has 2 unspecified atom stereocenters. The first-order valence-corrected chi connectivity index (χ1v) is 10.7. The van der Waals surface area contributed by atoms with Crippen molar-refractivity contribution < 1.29 is 9.90 Å². The molecule has 2 fully saturated rings. The number of hydrogen-bond donors (Lipinski definition) is 2. The number of carbonyl (C=O) groups excluding carboxylic acids is 1. The van der Waals surface area contributed by atoms with Gasteiger partial charge in [-0.1, -0.05) is 49.4 Å². The highest BCUT2D eigenvalue weighted by molar-refractivity contribution is 5.87. The Morgan fingerprint density at radius 1 is 1.17 bits per heavy atom. The molecule has 154 valence electrons. The summed E-state index contributed by atoms with van der Waals surface area (Å²) < 4.78 is 0. The van der Waals surface area contributed by atoms with E-state index in [1.807, 2.05) is 30.3 Å². The molecule has 2 aliphatic carbocycles. The minimum Gasteiger partial charge on any atom is -0.508 e. The maximum Gasteiger partial charge on any atom is 0.224 e. The van der Waals surface area contributed by atoms with Crippen LogP contribution in [0.3, 0.4) is 0 Å². The van der Waals surface area contributed by atoms with Crippen LogP contribution in [0.5, 0.6) is 5.75 Å². The third-order valence-electron chi connectivity index (χ3n) is 7.33. The third-order valence-corrected chi connectivity index (χ3v) is 7.33. The fourth-order valence-corrected chi connectivity index (χ4v) is 5.05. The van der Waals surface area contributed by atoms with Gasteiger partial charge in [0.05, 0.1) is 5.41 Å². The fourth-order valence-electron chi connectivity index (χ4n) is 5.05. The number of nitrogens with zero attached hydrogens (tertiary/aromatic N) is 1. The summed E-state index contributed by atoms with van der Waals surface area (Å²) >= 11 is 0. The lowest BCUT2D eigenvalue weighted by Gasteiger charge is -2.33. The van der Waals surface area contributed by atoms with Crippen LogP contribution in [0.25, 0.3) is 0 Å². The zero-order chi connectivity index (χ0) is 20.6. The number of rotatable bonds is 9. The molecule has 0 bridgehead atoms. The smallest absolute Gasteiger partial charge is 0.224 e. The Morgan fingerprint density at radius 3 is 2.41 bits per heavy atom. The van der Waals surface area contributed by atoms with Crippen molar-refractivity contribution >= 4 is 5.91 Å². The molecule has 2 aliphatic rings. The van der Waals surface area contributed by atoms with Crippen LogP contribution in [0.4, 0.5) is 0 Å². The van der Waals surface area contributed by atoms with Crippen molar-refractivity contribution in [3.05, 3.63) is 65.7 Å². The summed E-state index contributed by atoms with van der Waals surface area (Å²) in [6.45, 7) is 3.26. The number of amides is 1. The van der Waals surface area contributed by atoms with Gasteiger partial charge in [-0.3, -0.25) is 4.79 Å². The van der Waals surface area contributed by atoms with E-state index in [1.54, 1.807) is 12.1 Å². The maximum atomic E-state index is 12.7. The predicted molar refractivity (Wildman–Crippen MR) is 116 cm³/mol. The molecular formula is C25H32N2O2. The van der Waals surface area contributed by atoms with E-state index in [2.05, 4.69) is 31.0 Å². The second kappa shape index (κ2) is 7.49. The first kappa shape index (κ1) is 20.0. The van der Waals surface area contributed by atoms with Gasteiger partial charge in [0.1, 0.15) is 5.75 Å². The van der Waals surface area contributed by atoms with Crippen LogP contribution in [0.1, 0.15) is 43.7 Å². The van der Waals surface area contributed by atoms with E-state index in [0.717, 1.165) is 31.7 Å². The van der Waals surface area contributed by atoms with E-state index < -0.39 is 5.41 Å². The highest BCUT2D eigenvalue weighted by Crippen LogP contribution is 2.67. The van der Waals surface area contributed by atoms with E-state index in [1.165, 1.54) is 24.0 Å². The summed E-state index contributed by atoms with van der Waals surface area (Å²) in [6, 6.07) is 18.0. The monoisotopic (exact) mass is 392 g/mol. The Morgan fingerprint density at radius 2 is 1.83 bits per heavy atom. The summed E-state index contributed by atoms with van der Waals surface area (Å²) in [6.07, 6.45) is 5.03. The van der Waals surface area contributed by atoms with Gasteiger partial charge in [0.15, 0.2) is 0 Å². The molecule has 2 aromatic carbocycles. The van der Waals surface area contributed by atoms with E-state index in [9.17, 15) is 9.90 Å².